The number of aromatic nitrogens is 1. The summed E-state index contributed by atoms with van der Waals surface area (Å²) in [5.41, 5.74) is 0.0930. The molecule has 2 rings (SSSR count). The number of ether oxygens (including phenoxy) is 1. The molecule has 1 atom stereocenters. The first-order valence-electron chi connectivity index (χ1n) is 4.83. The van der Waals surface area contributed by atoms with Gasteiger partial charge in [-0.15, -0.1) is 0 Å². The average molecular weight is 208 g/mol. The van der Waals surface area contributed by atoms with E-state index in [1.807, 2.05) is 0 Å². The van der Waals surface area contributed by atoms with Gasteiger partial charge in [-0.05, 0) is 6.42 Å². The Labute approximate surface area is 86.5 Å². The van der Waals surface area contributed by atoms with E-state index in [4.69, 9.17) is 4.74 Å². The van der Waals surface area contributed by atoms with E-state index >= 15 is 0 Å². The summed E-state index contributed by atoms with van der Waals surface area (Å²) in [6.45, 7) is 1.06. The number of hydrogen-bond acceptors (Lipinski definition) is 3. The van der Waals surface area contributed by atoms with Crippen LogP contribution in [0.4, 0.5) is 5.69 Å². The zero-order valence-electron chi connectivity index (χ0n) is 8.16. The van der Waals surface area contributed by atoms with Crippen LogP contribution in [0.5, 0.6) is 0 Å². The van der Waals surface area contributed by atoms with Gasteiger partial charge in [-0.2, -0.15) is 0 Å². The molecular formula is C10H12N2O3. The van der Waals surface area contributed by atoms with Gasteiger partial charge in [-0.1, -0.05) is 0 Å². The van der Waals surface area contributed by atoms with Crippen molar-refractivity contribution < 1.29 is 9.53 Å². The normalized spacial score (nSPS) is 20.1. The Morgan fingerprint density at radius 1 is 1.60 bits per heavy atom. The number of aromatic amines is 1. The summed E-state index contributed by atoms with van der Waals surface area (Å²) in [6.07, 6.45) is 3.73. The molecule has 0 bridgehead atoms. The average Bonchev–Trinajstić information content (AvgIpc) is 2.74. The van der Waals surface area contributed by atoms with Gasteiger partial charge in [0.1, 0.15) is 5.69 Å². The van der Waals surface area contributed by atoms with Crippen LogP contribution < -0.4 is 10.7 Å². The summed E-state index contributed by atoms with van der Waals surface area (Å²) in [6, 6.07) is 1.38. The SMILES string of the molecule is O=C(Nc1c[nH]ccc1=O)C1CCOC1. The van der Waals surface area contributed by atoms with E-state index in [2.05, 4.69) is 10.3 Å². The number of carbonyl (C=O) groups is 1. The molecule has 1 aliphatic rings. The quantitative estimate of drug-likeness (QED) is 0.736. The summed E-state index contributed by atoms with van der Waals surface area (Å²) >= 11 is 0. The van der Waals surface area contributed by atoms with Crippen LogP contribution in [0.2, 0.25) is 0 Å². The van der Waals surface area contributed by atoms with Gasteiger partial charge in [0.05, 0.1) is 12.5 Å². The van der Waals surface area contributed by atoms with E-state index in [1.54, 1.807) is 0 Å². The molecule has 1 aromatic heterocycles. The molecule has 5 nitrogen and oxygen atoms in total. The monoisotopic (exact) mass is 208 g/mol. The van der Waals surface area contributed by atoms with Crippen LogP contribution in [-0.4, -0.2) is 24.1 Å². The topological polar surface area (TPSA) is 71.2 Å². The Kier molecular flexibility index (Phi) is 2.82. The van der Waals surface area contributed by atoms with Gasteiger partial charge in [-0.25, -0.2) is 0 Å². The van der Waals surface area contributed by atoms with Crippen molar-refractivity contribution in [3.05, 3.63) is 28.7 Å². The second kappa shape index (κ2) is 4.27. The number of amides is 1. The van der Waals surface area contributed by atoms with Crippen LogP contribution >= 0.6 is 0 Å². The van der Waals surface area contributed by atoms with Crippen LogP contribution in [0.3, 0.4) is 0 Å². The third kappa shape index (κ3) is 2.24. The molecule has 2 heterocycles. The van der Waals surface area contributed by atoms with Crippen molar-refractivity contribution in [3.8, 4) is 0 Å². The van der Waals surface area contributed by atoms with E-state index in [-0.39, 0.29) is 22.9 Å². The lowest BCUT2D eigenvalue weighted by Crippen LogP contribution is -2.25. The smallest absolute Gasteiger partial charge is 0.230 e. The Hall–Kier alpha value is -1.62. The summed E-state index contributed by atoms with van der Waals surface area (Å²) in [5.74, 6) is -0.284. The molecule has 1 saturated heterocycles. The molecule has 15 heavy (non-hydrogen) atoms. The van der Waals surface area contributed by atoms with E-state index in [9.17, 15) is 9.59 Å². The molecule has 1 amide bonds. The molecule has 0 spiro atoms. The van der Waals surface area contributed by atoms with E-state index in [0.717, 1.165) is 6.42 Å². The number of nitrogens with one attached hydrogen (secondary N) is 2. The van der Waals surface area contributed by atoms with Crippen LogP contribution in [0.1, 0.15) is 6.42 Å². The number of hydrogen-bond donors (Lipinski definition) is 2. The Morgan fingerprint density at radius 2 is 2.47 bits per heavy atom. The minimum absolute atomic E-state index is 0.135. The van der Waals surface area contributed by atoms with Gasteiger partial charge in [-0.3, -0.25) is 9.59 Å². The lowest BCUT2D eigenvalue weighted by Gasteiger charge is -2.07. The number of rotatable bonds is 2. The highest BCUT2D eigenvalue weighted by molar-refractivity contribution is 5.92. The van der Waals surface area contributed by atoms with Gasteiger partial charge in [0.15, 0.2) is 0 Å². The van der Waals surface area contributed by atoms with Crippen molar-refractivity contribution >= 4 is 11.6 Å². The van der Waals surface area contributed by atoms with E-state index in [0.29, 0.717) is 13.2 Å². The number of pyridine rings is 1. The highest BCUT2D eigenvalue weighted by Gasteiger charge is 2.23. The number of anilines is 1. The second-order valence-corrected chi connectivity index (χ2v) is 3.47. The van der Waals surface area contributed by atoms with Gasteiger partial charge in [0, 0.05) is 25.1 Å². The standard InChI is InChI=1S/C10H12N2O3/c13-9-1-3-11-5-8(9)12-10(14)7-2-4-15-6-7/h1,3,5,7H,2,4,6H2,(H,11,13)(H,12,14). The second-order valence-electron chi connectivity index (χ2n) is 3.47. The molecule has 1 unspecified atom stereocenters. The largest absolute Gasteiger partial charge is 0.381 e. The zero-order valence-corrected chi connectivity index (χ0v) is 8.16. The van der Waals surface area contributed by atoms with E-state index < -0.39 is 0 Å². The van der Waals surface area contributed by atoms with Gasteiger partial charge < -0.3 is 15.0 Å². The van der Waals surface area contributed by atoms with Crippen LogP contribution in [0, 0.1) is 5.92 Å². The fourth-order valence-electron chi connectivity index (χ4n) is 1.49. The molecule has 1 aliphatic heterocycles. The van der Waals surface area contributed by atoms with Crippen molar-refractivity contribution in [3.63, 3.8) is 0 Å². The Morgan fingerprint density at radius 3 is 3.13 bits per heavy atom. The first kappa shape index (κ1) is 9.92. The molecule has 1 fully saturated rings. The molecular weight excluding hydrogens is 196 g/mol. The molecule has 0 aliphatic carbocycles. The van der Waals surface area contributed by atoms with Gasteiger partial charge >= 0.3 is 0 Å². The van der Waals surface area contributed by atoms with Crippen molar-refractivity contribution in [1.29, 1.82) is 0 Å². The molecule has 5 heteroatoms. The maximum atomic E-state index is 11.6. The highest BCUT2D eigenvalue weighted by atomic mass is 16.5. The van der Waals surface area contributed by atoms with Gasteiger partial charge in [0.2, 0.25) is 11.3 Å². The van der Waals surface area contributed by atoms with Crippen LogP contribution in [0.15, 0.2) is 23.3 Å². The van der Waals surface area contributed by atoms with Crippen molar-refractivity contribution in [2.24, 2.45) is 5.92 Å². The molecule has 0 saturated carbocycles. The van der Waals surface area contributed by atoms with Crippen molar-refractivity contribution in [2.45, 2.75) is 6.42 Å². The predicted octanol–water partition coefficient (Wildman–Crippen LogP) is 0.350. The molecule has 0 aromatic carbocycles. The third-order valence-electron chi connectivity index (χ3n) is 2.38. The lowest BCUT2D eigenvalue weighted by molar-refractivity contribution is -0.119. The highest BCUT2D eigenvalue weighted by Crippen LogP contribution is 2.13. The minimum atomic E-state index is -0.194. The van der Waals surface area contributed by atoms with Crippen molar-refractivity contribution in [1.82, 2.24) is 4.98 Å². The summed E-state index contributed by atoms with van der Waals surface area (Å²) in [7, 11) is 0. The van der Waals surface area contributed by atoms with Crippen LogP contribution in [-0.2, 0) is 9.53 Å². The maximum Gasteiger partial charge on any atom is 0.230 e. The lowest BCUT2D eigenvalue weighted by atomic mass is 10.1. The van der Waals surface area contributed by atoms with Crippen molar-refractivity contribution in [2.75, 3.05) is 18.5 Å². The summed E-state index contributed by atoms with van der Waals surface area (Å²) in [4.78, 5) is 25.7. The fraction of sp³-hybridized carbons (Fsp3) is 0.400. The van der Waals surface area contributed by atoms with Crippen LogP contribution in [0.25, 0.3) is 0 Å². The molecule has 2 N–H and O–H groups in total. The third-order valence-corrected chi connectivity index (χ3v) is 2.38. The molecule has 80 valence electrons. The number of H-pyrrole nitrogens is 1. The van der Waals surface area contributed by atoms with E-state index in [1.165, 1.54) is 18.5 Å². The molecule has 0 radical (unpaired) electrons. The fourth-order valence-corrected chi connectivity index (χ4v) is 1.49. The van der Waals surface area contributed by atoms with Gasteiger partial charge in [0.25, 0.3) is 0 Å². The Bertz CT molecular complexity index is 407. The summed E-state index contributed by atoms with van der Waals surface area (Å²) < 4.78 is 5.10. The first-order valence-corrected chi connectivity index (χ1v) is 4.83. The number of carbonyl (C=O) groups excluding carboxylic acids is 1. The Balaban J connectivity index is 2.05. The predicted molar refractivity (Wildman–Crippen MR) is 54.6 cm³/mol. The first-order chi connectivity index (χ1) is 7.27. The minimum Gasteiger partial charge on any atom is -0.381 e. The summed E-state index contributed by atoms with van der Waals surface area (Å²) in [5, 5.41) is 2.59. The molecule has 1 aromatic rings. The zero-order chi connectivity index (χ0) is 10.7. The maximum absolute atomic E-state index is 11.6.